The fraction of sp³-hybridized carbons (Fsp3) is 1.00. The molecule has 1 fully saturated rings. The maximum atomic E-state index is 12.6. The molecule has 0 saturated heterocycles. The first-order valence-corrected chi connectivity index (χ1v) is 6.29. The molecule has 1 aliphatic rings. The smallest absolute Gasteiger partial charge is 0.314 e. The first kappa shape index (κ1) is 13.8. The van der Waals surface area contributed by atoms with Gasteiger partial charge >= 0.3 is 6.18 Å². The number of alkyl halides is 3. The van der Waals surface area contributed by atoms with E-state index in [1.54, 1.807) is 0 Å². The predicted molar refractivity (Wildman–Crippen MR) is 59.3 cm³/mol. The van der Waals surface area contributed by atoms with E-state index in [0.717, 1.165) is 25.8 Å². The van der Waals surface area contributed by atoms with Gasteiger partial charge < -0.3 is 5.32 Å². The maximum absolute atomic E-state index is 12.6. The summed E-state index contributed by atoms with van der Waals surface area (Å²) in [5.41, 5.74) is 0. The standard InChI is InChI=1S/C12H22F3N/c1-3-11(16-4-2)9-6-5-7-10(8-9)12(13,14)15/h9-11,16H,3-8H2,1-2H3. The van der Waals surface area contributed by atoms with E-state index in [4.69, 9.17) is 0 Å². The van der Waals surface area contributed by atoms with Crippen molar-refractivity contribution in [2.45, 2.75) is 58.2 Å². The molecule has 1 N–H and O–H groups in total. The van der Waals surface area contributed by atoms with Gasteiger partial charge in [0, 0.05) is 6.04 Å². The van der Waals surface area contributed by atoms with E-state index in [9.17, 15) is 13.2 Å². The van der Waals surface area contributed by atoms with Gasteiger partial charge in [0.2, 0.25) is 0 Å². The molecule has 1 rings (SSSR count). The summed E-state index contributed by atoms with van der Waals surface area (Å²) in [6.07, 6.45) is -0.779. The summed E-state index contributed by atoms with van der Waals surface area (Å²) in [6.45, 7) is 4.89. The second-order valence-electron chi connectivity index (χ2n) is 4.74. The van der Waals surface area contributed by atoms with E-state index in [2.05, 4.69) is 5.32 Å². The van der Waals surface area contributed by atoms with Crippen LogP contribution in [0.1, 0.15) is 46.0 Å². The van der Waals surface area contributed by atoms with Gasteiger partial charge in [-0.05, 0) is 38.1 Å². The van der Waals surface area contributed by atoms with Gasteiger partial charge in [0.05, 0.1) is 5.92 Å². The third-order valence-electron chi connectivity index (χ3n) is 3.65. The van der Waals surface area contributed by atoms with Gasteiger partial charge in [-0.2, -0.15) is 13.2 Å². The Morgan fingerprint density at radius 1 is 1.25 bits per heavy atom. The summed E-state index contributed by atoms with van der Waals surface area (Å²) in [5.74, 6) is -0.871. The Morgan fingerprint density at radius 3 is 2.44 bits per heavy atom. The molecule has 0 aromatic rings. The summed E-state index contributed by atoms with van der Waals surface area (Å²) in [6, 6.07) is 0.259. The highest BCUT2D eigenvalue weighted by molar-refractivity contribution is 4.84. The van der Waals surface area contributed by atoms with Crippen molar-refractivity contribution in [1.29, 1.82) is 0 Å². The zero-order valence-corrected chi connectivity index (χ0v) is 10.1. The third kappa shape index (κ3) is 3.65. The lowest BCUT2D eigenvalue weighted by atomic mass is 9.77. The first-order chi connectivity index (χ1) is 7.49. The van der Waals surface area contributed by atoms with E-state index >= 15 is 0 Å². The minimum absolute atomic E-state index is 0.199. The largest absolute Gasteiger partial charge is 0.391 e. The molecule has 96 valence electrons. The molecule has 0 aromatic heterocycles. The minimum Gasteiger partial charge on any atom is -0.314 e. The molecule has 0 aromatic carbocycles. The molecule has 16 heavy (non-hydrogen) atoms. The summed E-state index contributed by atoms with van der Waals surface area (Å²) in [5, 5.41) is 3.31. The van der Waals surface area contributed by atoms with Gasteiger partial charge in [0.1, 0.15) is 0 Å². The Hall–Kier alpha value is -0.250. The highest BCUT2D eigenvalue weighted by atomic mass is 19.4. The van der Waals surface area contributed by atoms with Crippen LogP contribution in [0.3, 0.4) is 0 Å². The van der Waals surface area contributed by atoms with Gasteiger partial charge in [-0.25, -0.2) is 0 Å². The molecule has 1 aliphatic carbocycles. The molecule has 3 unspecified atom stereocenters. The number of halogens is 3. The summed E-state index contributed by atoms with van der Waals surface area (Å²) in [7, 11) is 0. The average molecular weight is 237 g/mol. The van der Waals surface area contributed by atoms with Crippen molar-refractivity contribution < 1.29 is 13.2 Å². The fourth-order valence-electron chi connectivity index (χ4n) is 2.80. The van der Waals surface area contributed by atoms with E-state index in [0.29, 0.717) is 12.8 Å². The maximum Gasteiger partial charge on any atom is 0.391 e. The van der Waals surface area contributed by atoms with Crippen molar-refractivity contribution in [2.75, 3.05) is 6.54 Å². The molecule has 4 heteroatoms. The van der Waals surface area contributed by atoms with Crippen molar-refractivity contribution >= 4 is 0 Å². The number of nitrogens with one attached hydrogen (secondary N) is 1. The SMILES string of the molecule is CCNC(CC)C1CCCC(C(F)(F)F)C1. The van der Waals surface area contributed by atoms with Crippen molar-refractivity contribution in [1.82, 2.24) is 5.32 Å². The highest BCUT2D eigenvalue weighted by Gasteiger charge is 2.43. The fourth-order valence-corrected chi connectivity index (χ4v) is 2.80. The molecular formula is C12H22F3N. The summed E-state index contributed by atoms with van der Waals surface area (Å²) in [4.78, 5) is 0. The topological polar surface area (TPSA) is 12.0 Å². The molecule has 3 atom stereocenters. The molecule has 0 radical (unpaired) electrons. The quantitative estimate of drug-likeness (QED) is 0.785. The molecule has 0 heterocycles. The second-order valence-corrected chi connectivity index (χ2v) is 4.74. The van der Waals surface area contributed by atoms with Crippen molar-refractivity contribution in [3.05, 3.63) is 0 Å². The van der Waals surface area contributed by atoms with Crippen molar-refractivity contribution in [3.63, 3.8) is 0 Å². The van der Waals surface area contributed by atoms with Crippen LogP contribution in [-0.2, 0) is 0 Å². The van der Waals surface area contributed by atoms with Gasteiger partial charge in [-0.1, -0.05) is 20.3 Å². The molecule has 0 bridgehead atoms. The Morgan fingerprint density at radius 2 is 1.94 bits per heavy atom. The normalized spacial score (nSPS) is 29.1. The van der Waals surface area contributed by atoms with Crippen LogP contribution >= 0.6 is 0 Å². The highest BCUT2D eigenvalue weighted by Crippen LogP contribution is 2.41. The number of hydrogen-bond donors (Lipinski definition) is 1. The van der Waals surface area contributed by atoms with Crippen LogP contribution in [0.15, 0.2) is 0 Å². The molecular weight excluding hydrogens is 215 g/mol. The monoisotopic (exact) mass is 237 g/mol. The van der Waals surface area contributed by atoms with Crippen LogP contribution in [-0.4, -0.2) is 18.8 Å². The zero-order chi connectivity index (χ0) is 12.2. The Labute approximate surface area is 95.8 Å². The lowest BCUT2D eigenvalue weighted by Gasteiger charge is -2.35. The van der Waals surface area contributed by atoms with Crippen LogP contribution in [0.4, 0.5) is 13.2 Å². The van der Waals surface area contributed by atoms with E-state index in [1.807, 2.05) is 13.8 Å². The Kier molecular flexibility index (Phi) is 5.09. The minimum atomic E-state index is -4.00. The summed E-state index contributed by atoms with van der Waals surface area (Å²) >= 11 is 0. The van der Waals surface area contributed by atoms with Gasteiger partial charge in [0.25, 0.3) is 0 Å². The predicted octanol–water partition coefficient (Wildman–Crippen LogP) is 3.74. The second kappa shape index (κ2) is 5.89. The number of rotatable bonds is 4. The average Bonchev–Trinajstić information content (AvgIpc) is 2.25. The Balaban J connectivity index is 2.55. The Bertz CT molecular complexity index is 203. The van der Waals surface area contributed by atoms with Crippen LogP contribution < -0.4 is 5.32 Å². The molecule has 1 nitrogen and oxygen atoms in total. The van der Waals surface area contributed by atoms with Crippen LogP contribution in [0.25, 0.3) is 0 Å². The lowest BCUT2D eigenvalue weighted by Crippen LogP contribution is -2.40. The van der Waals surface area contributed by atoms with Gasteiger partial charge in [0.15, 0.2) is 0 Å². The van der Waals surface area contributed by atoms with Gasteiger partial charge in [-0.15, -0.1) is 0 Å². The van der Waals surface area contributed by atoms with Gasteiger partial charge in [-0.3, -0.25) is 0 Å². The van der Waals surface area contributed by atoms with E-state index < -0.39 is 12.1 Å². The third-order valence-corrected chi connectivity index (χ3v) is 3.65. The molecule has 0 spiro atoms. The molecule has 1 saturated carbocycles. The van der Waals surface area contributed by atoms with Crippen molar-refractivity contribution in [2.24, 2.45) is 11.8 Å². The van der Waals surface area contributed by atoms with Crippen molar-refractivity contribution in [3.8, 4) is 0 Å². The molecule has 0 aliphatic heterocycles. The zero-order valence-electron chi connectivity index (χ0n) is 10.1. The number of hydrogen-bond acceptors (Lipinski definition) is 1. The lowest BCUT2D eigenvalue weighted by molar-refractivity contribution is -0.186. The van der Waals surface area contributed by atoms with Crippen LogP contribution in [0.5, 0.6) is 0 Å². The van der Waals surface area contributed by atoms with Crippen LogP contribution in [0, 0.1) is 11.8 Å². The van der Waals surface area contributed by atoms with E-state index in [-0.39, 0.29) is 12.0 Å². The summed E-state index contributed by atoms with van der Waals surface area (Å²) < 4.78 is 37.9. The van der Waals surface area contributed by atoms with E-state index in [1.165, 1.54) is 0 Å². The first-order valence-electron chi connectivity index (χ1n) is 6.29. The molecule has 0 amide bonds. The van der Waals surface area contributed by atoms with Crippen LogP contribution in [0.2, 0.25) is 0 Å².